The molecular formula is C9H9BF4N2O2. The molecule has 98 valence electrons. The summed E-state index contributed by atoms with van der Waals surface area (Å²) in [6.07, 6.45) is -4.02. The largest absolute Gasteiger partial charge is 0.492 e. The van der Waals surface area contributed by atoms with Crippen LogP contribution in [0.4, 0.5) is 23.4 Å². The number of anilines is 1. The lowest BCUT2D eigenvalue weighted by atomic mass is 9.80. The van der Waals surface area contributed by atoms with E-state index in [1.807, 2.05) is 0 Å². The molecule has 1 aliphatic rings. The molecule has 9 heteroatoms. The Kier molecular flexibility index (Phi) is 2.98. The summed E-state index contributed by atoms with van der Waals surface area (Å²) in [5.74, 6) is -1.23. The molecule has 0 amide bonds. The van der Waals surface area contributed by atoms with Crippen molar-refractivity contribution in [2.75, 3.05) is 5.32 Å². The molecule has 1 aromatic heterocycles. The first-order chi connectivity index (χ1) is 8.25. The molecule has 0 aliphatic heterocycles. The maximum atomic E-state index is 12.9. The van der Waals surface area contributed by atoms with Gasteiger partial charge < -0.3 is 15.4 Å². The number of hydrogen-bond acceptors (Lipinski definition) is 4. The smallest absolute Gasteiger partial charge is 0.423 e. The molecule has 1 aliphatic carbocycles. The van der Waals surface area contributed by atoms with Crippen LogP contribution in [0.25, 0.3) is 0 Å². The Morgan fingerprint density at radius 3 is 2.39 bits per heavy atom. The lowest BCUT2D eigenvalue weighted by Crippen LogP contribution is -2.43. The molecule has 4 nitrogen and oxygen atoms in total. The number of pyridine rings is 1. The van der Waals surface area contributed by atoms with E-state index >= 15 is 0 Å². The van der Waals surface area contributed by atoms with E-state index in [1.54, 1.807) is 0 Å². The van der Waals surface area contributed by atoms with Crippen LogP contribution in [0, 0.1) is 5.82 Å². The summed E-state index contributed by atoms with van der Waals surface area (Å²) in [5.41, 5.74) is -2.52. The minimum absolute atomic E-state index is 0.128. The van der Waals surface area contributed by atoms with E-state index in [-0.39, 0.29) is 18.7 Å². The minimum Gasteiger partial charge on any atom is -0.423 e. The van der Waals surface area contributed by atoms with Crippen LogP contribution in [0.3, 0.4) is 0 Å². The molecule has 2 rings (SSSR count). The van der Waals surface area contributed by atoms with Gasteiger partial charge in [0.25, 0.3) is 0 Å². The van der Waals surface area contributed by atoms with Crippen LogP contribution in [0.5, 0.6) is 0 Å². The van der Waals surface area contributed by atoms with Crippen molar-refractivity contribution in [2.45, 2.75) is 24.6 Å². The van der Waals surface area contributed by atoms with Crippen molar-refractivity contribution in [3.63, 3.8) is 0 Å². The van der Waals surface area contributed by atoms with Gasteiger partial charge in [0.15, 0.2) is 0 Å². The quantitative estimate of drug-likeness (QED) is 0.546. The molecular weight excluding hydrogens is 255 g/mol. The topological polar surface area (TPSA) is 65.4 Å². The lowest BCUT2D eigenvalue weighted by molar-refractivity contribution is -0.151. The highest BCUT2D eigenvalue weighted by Gasteiger charge is 2.64. The first-order valence-corrected chi connectivity index (χ1v) is 5.12. The Morgan fingerprint density at radius 1 is 1.33 bits per heavy atom. The number of aromatic nitrogens is 1. The van der Waals surface area contributed by atoms with Crippen molar-refractivity contribution in [3.8, 4) is 0 Å². The third-order valence-electron chi connectivity index (χ3n) is 2.81. The molecule has 0 spiro atoms. The Balaban J connectivity index is 2.30. The summed E-state index contributed by atoms with van der Waals surface area (Å²) < 4.78 is 51.0. The summed E-state index contributed by atoms with van der Waals surface area (Å²) in [6, 6.07) is 0.729. The molecule has 18 heavy (non-hydrogen) atoms. The second-order valence-corrected chi connectivity index (χ2v) is 4.17. The molecule has 1 aromatic rings. The Labute approximate surface area is 99.8 Å². The van der Waals surface area contributed by atoms with E-state index in [4.69, 9.17) is 10.0 Å². The highest BCUT2D eigenvalue weighted by atomic mass is 19.4. The maximum Gasteiger partial charge on any atom is 0.492 e. The average molecular weight is 264 g/mol. The van der Waals surface area contributed by atoms with E-state index in [0.29, 0.717) is 6.20 Å². The van der Waals surface area contributed by atoms with Crippen LogP contribution in [0.1, 0.15) is 12.8 Å². The normalized spacial score (nSPS) is 17.4. The number of hydrogen-bond donors (Lipinski definition) is 3. The van der Waals surface area contributed by atoms with Crippen molar-refractivity contribution in [3.05, 3.63) is 18.1 Å². The minimum atomic E-state index is -4.47. The number of nitrogens with one attached hydrogen (secondary N) is 1. The number of rotatable bonds is 3. The van der Waals surface area contributed by atoms with Gasteiger partial charge in [0.2, 0.25) is 0 Å². The second-order valence-electron chi connectivity index (χ2n) is 4.17. The van der Waals surface area contributed by atoms with E-state index in [1.165, 1.54) is 0 Å². The van der Waals surface area contributed by atoms with E-state index in [0.717, 1.165) is 6.07 Å². The molecule has 0 unspecified atom stereocenters. The van der Waals surface area contributed by atoms with Crippen molar-refractivity contribution in [1.29, 1.82) is 0 Å². The summed E-state index contributed by atoms with van der Waals surface area (Å²) in [6.45, 7) is 0. The van der Waals surface area contributed by atoms with Crippen LogP contribution in [-0.4, -0.2) is 33.9 Å². The highest BCUT2D eigenvalue weighted by molar-refractivity contribution is 6.60. The fourth-order valence-corrected chi connectivity index (χ4v) is 1.59. The van der Waals surface area contributed by atoms with Gasteiger partial charge in [-0.15, -0.1) is 0 Å². The maximum absolute atomic E-state index is 12.9. The second kappa shape index (κ2) is 4.09. The zero-order valence-electron chi connectivity index (χ0n) is 9.00. The van der Waals surface area contributed by atoms with Gasteiger partial charge >= 0.3 is 13.3 Å². The summed E-state index contributed by atoms with van der Waals surface area (Å²) in [5, 5.41) is 20.1. The van der Waals surface area contributed by atoms with Gasteiger partial charge in [-0.1, -0.05) is 0 Å². The van der Waals surface area contributed by atoms with E-state index < -0.39 is 30.1 Å². The predicted molar refractivity (Wildman–Crippen MR) is 55.7 cm³/mol. The molecule has 1 heterocycles. The van der Waals surface area contributed by atoms with Gasteiger partial charge in [-0.3, -0.25) is 0 Å². The molecule has 0 atom stereocenters. The molecule has 3 N–H and O–H groups in total. The van der Waals surface area contributed by atoms with Gasteiger partial charge in [-0.05, 0) is 18.9 Å². The van der Waals surface area contributed by atoms with Crippen LogP contribution >= 0.6 is 0 Å². The SMILES string of the molecule is OB(O)c1cc(F)cnc1NC1(C(F)(F)F)CC1. The standard InChI is InChI=1S/C9H9BF4N2O2/c11-5-3-6(10(17)18)7(15-4-5)16-8(1-2-8)9(12,13)14/h3-4,17-18H,1-2H2,(H,15,16). The average Bonchev–Trinajstić information content (AvgIpc) is 3.00. The van der Waals surface area contributed by atoms with Crippen molar-refractivity contribution >= 4 is 18.4 Å². The van der Waals surface area contributed by atoms with Crippen LogP contribution in [-0.2, 0) is 0 Å². The summed E-state index contributed by atoms with van der Waals surface area (Å²) in [7, 11) is -2.10. The first kappa shape index (κ1) is 13.1. The van der Waals surface area contributed by atoms with E-state index in [2.05, 4.69) is 10.3 Å². The van der Waals surface area contributed by atoms with Crippen LogP contribution in [0.2, 0.25) is 0 Å². The zero-order chi connectivity index (χ0) is 13.6. The van der Waals surface area contributed by atoms with Gasteiger partial charge in [0, 0.05) is 5.46 Å². The van der Waals surface area contributed by atoms with Crippen LogP contribution < -0.4 is 10.8 Å². The van der Waals surface area contributed by atoms with Gasteiger partial charge in [0.1, 0.15) is 17.2 Å². The monoisotopic (exact) mass is 264 g/mol. The molecule has 0 radical (unpaired) electrons. The summed E-state index contributed by atoms with van der Waals surface area (Å²) >= 11 is 0. The fraction of sp³-hybridized carbons (Fsp3) is 0.444. The molecule has 1 saturated carbocycles. The van der Waals surface area contributed by atoms with Crippen molar-refractivity contribution in [1.82, 2.24) is 4.98 Å². The summed E-state index contributed by atoms with van der Waals surface area (Å²) in [4.78, 5) is 3.43. The molecule has 0 aromatic carbocycles. The number of halogens is 4. The first-order valence-electron chi connectivity index (χ1n) is 5.12. The van der Waals surface area contributed by atoms with Crippen molar-refractivity contribution < 1.29 is 27.6 Å². The van der Waals surface area contributed by atoms with Crippen LogP contribution in [0.15, 0.2) is 12.3 Å². The molecule has 0 saturated heterocycles. The molecule has 1 fully saturated rings. The van der Waals surface area contributed by atoms with Crippen molar-refractivity contribution in [2.24, 2.45) is 0 Å². The Morgan fingerprint density at radius 2 is 1.94 bits per heavy atom. The third-order valence-corrected chi connectivity index (χ3v) is 2.81. The Hall–Kier alpha value is -1.35. The number of nitrogens with zero attached hydrogens (tertiary/aromatic N) is 1. The Bertz CT molecular complexity index is 462. The third kappa shape index (κ3) is 2.28. The number of alkyl halides is 3. The van der Waals surface area contributed by atoms with E-state index in [9.17, 15) is 17.6 Å². The fourth-order valence-electron chi connectivity index (χ4n) is 1.59. The zero-order valence-corrected chi connectivity index (χ0v) is 9.00. The highest BCUT2D eigenvalue weighted by Crippen LogP contribution is 2.50. The van der Waals surface area contributed by atoms with Gasteiger partial charge in [0.05, 0.1) is 6.20 Å². The predicted octanol–water partition coefficient (Wildman–Crippen LogP) is 0.407. The molecule has 0 bridgehead atoms. The van der Waals surface area contributed by atoms with Gasteiger partial charge in [-0.2, -0.15) is 13.2 Å². The van der Waals surface area contributed by atoms with Gasteiger partial charge in [-0.25, -0.2) is 9.37 Å². The lowest BCUT2D eigenvalue weighted by Gasteiger charge is -2.22.